The number of carbonyl (C=O) groups is 2. The summed E-state index contributed by atoms with van der Waals surface area (Å²) in [6, 6.07) is 9.26. The molecule has 2 atom stereocenters. The van der Waals surface area contributed by atoms with Gasteiger partial charge in [-0.3, -0.25) is 14.7 Å². The molecule has 9 nitrogen and oxygen atoms in total. The number of aliphatic hydroxyl groups is 1. The summed E-state index contributed by atoms with van der Waals surface area (Å²) >= 11 is 6.12. The van der Waals surface area contributed by atoms with Crippen LogP contribution in [0.2, 0.25) is 30.7 Å². The van der Waals surface area contributed by atoms with E-state index >= 15 is 4.39 Å². The summed E-state index contributed by atoms with van der Waals surface area (Å²) in [5.74, 6) is -1.44. The first-order valence-corrected chi connectivity index (χ1v) is 18.8. The molecule has 236 valence electrons. The number of hydrogen-bond acceptors (Lipinski definition) is 6. The summed E-state index contributed by atoms with van der Waals surface area (Å²) < 4.78 is 42.5. The largest absolute Gasteiger partial charge is 0.436 e. The van der Waals surface area contributed by atoms with E-state index in [0.717, 1.165) is 6.04 Å². The topological polar surface area (TPSA) is 106 Å². The van der Waals surface area contributed by atoms with Gasteiger partial charge in [0.15, 0.2) is 11.4 Å². The maximum atomic E-state index is 15.4. The lowest BCUT2D eigenvalue weighted by atomic mass is 9.83. The lowest BCUT2D eigenvalue weighted by Crippen LogP contribution is -2.53. The molecule has 0 saturated carbocycles. The number of rotatable bonds is 9. The van der Waals surface area contributed by atoms with Crippen LogP contribution in [-0.2, 0) is 27.4 Å². The number of ether oxygens (including phenoxy) is 2. The molecule has 2 aliphatic rings. The van der Waals surface area contributed by atoms with Crippen LogP contribution in [0.15, 0.2) is 42.6 Å². The lowest BCUT2D eigenvalue weighted by Gasteiger charge is -2.45. The molecule has 1 fully saturated rings. The molecule has 1 unspecified atom stereocenters. The summed E-state index contributed by atoms with van der Waals surface area (Å²) in [5.41, 5.74) is -2.19. The van der Waals surface area contributed by atoms with E-state index in [9.17, 15) is 19.1 Å². The second-order valence-electron chi connectivity index (χ2n) is 12.6. The molecule has 2 aliphatic heterocycles. The molecule has 3 aromatic rings. The smallest absolute Gasteiger partial charge is 0.412 e. The summed E-state index contributed by atoms with van der Waals surface area (Å²) in [6.07, 6.45) is 1.53. The van der Waals surface area contributed by atoms with E-state index in [1.165, 1.54) is 47.5 Å². The van der Waals surface area contributed by atoms with Crippen molar-refractivity contribution in [2.75, 3.05) is 25.0 Å². The van der Waals surface area contributed by atoms with E-state index < -0.39 is 42.9 Å². The molecule has 2 amide bonds. The molecular formula is C31H37ClF2N4O5Si. The molecule has 1 aromatic heterocycles. The van der Waals surface area contributed by atoms with E-state index in [-0.39, 0.29) is 47.5 Å². The Morgan fingerprint density at radius 1 is 1.23 bits per heavy atom. The van der Waals surface area contributed by atoms with Crippen LogP contribution in [0.25, 0.3) is 0 Å². The number of hydrogen-bond donors (Lipinski definition) is 2. The van der Waals surface area contributed by atoms with Gasteiger partial charge in [0.25, 0.3) is 5.91 Å². The predicted molar refractivity (Wildman–Crippen MR) is 164 cm³/mol. The first-order chi connectivity index (χ1) is 20.8. The molecule has 44 heavy (non-hydrogen) atoms. The Hall–Kier alpha value is -3.32. The van der Waals surface area contributed by atoms with Gasteiger partial charge >= 0.3 is 6.09 Å². The number of likely N-dealkylation sites (tertiary alicyclic amines) is 1. The first-order valence-electron chi connectivity index (χ1n) is 14.7. The molecule has 0 aliphatic carbocycles. The predicted octanol–water partition coefficient (Wildman–Crippen LogP) is 6.47. The second kappa shape index (κ2) is 12.2. The van der Waals surface area contributed by atoms with Crippen LogP contribution in [0.4, 0.5) is 19.3 Å². The zero-order valence-electron chi connectivity index (χ0n) is 25.3. The number of fused-ring (bicyclic) bond motifs is 2. The number of benzene rings is 2. The van der Waals surface area contributed by atoms with Gasteiger partial charge in [0.1, 0.15) is 29.7 Å². The van der Waals surface area contributed by atoms with E-state index in [4.69, 9.17) is 21.1 Å². The number of nitrogens with zero attached hydrogens (tertiary/aromatic N) is 3. The van der Waals surface area contributed by atoms with Crippen molar-refractivity contribution in [1.29, 1.82) is 0 Å². The van der Waals surface area contributed by atoms with Gasteiger partial charge in [-0.25, -0.2) is 18.6 Å². The minimum absolute atomic E-state index is 0.0602. The van der Waals surface area contributed by atoms with Gasteiger partial charge in [-0.1, -0.05) is 50.3 Å². The van der Waals surface area contributed by atoms with Crippen molar-refractivity contribution in [3.63, 3.8) is 0 Å². The highest BCUT2D eigenvalue weighted by atomic mass is 35.5. The molecule has 2 N–H and O–H groups in total. The third-order valence-electron chi connectivity index (χ3n) is 8.31. The maximum Gasteiger partial charge on any atom is 0.412 e. The van der Waals surface area contributed by atoms with E-state index in [2.05, 4.69) is 29.9 Å². The van der Waals surface area contributed by atoms with E-state index in [0.29, 0.717) is 31.6 Å². The molecular weight excluding hydrogens is 610 g/mol. The van der Waals surface area contributed by atoms with Gasteiger partial charge in [-0.2, -0.15) is 0 Å². The van der Waals surface area contributed by atoms with Crippen molar-refractivity contribution < 1.29 is 33.0 Å². The molecule has 5 rings (SSSR count). The van der Waals surface area contributed by atoms with Gasteiger partial charge in [-0.15, -0.1) is 0 Å². The number of anilines is 1. The number of nitrogens with one attached hydrogen (secondary N) is 1. The Bertz CT molecular complexity index is 1560. The molecule has 1 saturated heterocycles. The molecule has 0 bridgehead atoms. The van der Waals surface area contributed by atoms with Gasteiger partial charge in [-0.05, 0) is 55.1 Å². The minimum Gasteiger partial charge on any atom is -0.436 e. The summed E-state index contributed by atoms with van der Waals surface area (Å²) in [5, 5.41) is 14.3. The average molecular weight is 647 g/mol. The van der Waals surface area contributed by atoms with Gasteiger partial charge in [0.2, 0.25) is 0 Å². The fourth-order valence-electron chi connectivity index (χ4n) is 5.87. The zero-order chi connectivity index (χ0) is 31.9. The number of carbonyl (C=O) groups excluding carboxylic acids is 2. The van der Waals surface area contributed by atoms with Gasteiger partial charge < -0.3 is 19.5 Å². The highest BCUT2D eigenvalue weighted by molar-refractivity contribution is 6.76. The van der Waals surface area contributed by atoms with Gasteiger partial charge in [0, 0.05) is 21.2 Å². The zero-order valence-corrected chi connectivity index (χ0v) is 27.0. The molecule has 0 radical (unpaired) electrons. The lowest BCUT2D eigenvalue weighted by molar-refractivity contribution is -0.0423. The molecule has 13 heteroatoms. The van der Waals surface area contributed by atoms with Crippen molar-refractivity contribution in [2.24, 2.45) is 0 Å². The van der Waals surface area contributed by atoms with Crippen LogP contribution in [0.5, 0.6) is 0 Å². The fourth-order valence-corrected chi connectivity index (χ4v) is 6.78. The average Bonchev–Trinajstić information content (AvgIpc) is 3.40. The van der Waals surface area contributed by atoms with Crippen LogP contribution in [0, 0.1) is 11.6 Å². The monoisotopic (exact) mass is 646 g/mol. The highest BCUT2D eigenvalue weighted by Gasteiger charge is 2.49. The van der Waals surface area contributed by atoms with Crippen molar-refractivity contribution in [3.8, 4) is 0 Å². The SMILES string of the molecule is CCC(O)(c1ccc(F)cc1)c1ncc(C(=O)N2CCC[C@@]3(C2)OC(=O)Nc2ccc(Cl)c(F)c23)n1COCC[Si](C)(C)C. The third kappa shape index (κ3) is 6.13. The summed E-state index contributed by atoms with van der Waals surface area (Å²) in [4.78, 5) is 32.7. The summed E-state index contributed by atoms with van der Waals surface area (Å²) in [6.45, 7) is 9.05. The van der Waals surface area contributed by atoms with Crippen LogP contribution in [-0.4, -0.2) is 59.3 Å². The molecule has 2 aromatic carbocycles. The van der Waals surface area contributed by atoms with Crippen LogP contribution < -0.4 is 5.32 Å². The molecule has 3 heterocycles. The maximum absolute atomic E-state index is 15.4. The fraction of sp³-hybridized carbons (Fsp3) is 0.452. The normalized spacial score (nSPS) is 19.7. The van der Waals surface area contributed by atoms with E-state index in [1.807, 2.05) is 0 Å². The number of aromatic nitrogens is 2. The quantitative estimate of drug-likeness (QED) is 0.204. The van der Waals surface area contributed by atoms with Crippen molar-refractivity contribution in [3.05, 3.63) is 81.9 Å². The Morgan fingerprint density at radius 3 is 2.64 bits per heavy atom. The highest BCUT2D eigenvalue weighted by Crippen LogP contribution is 2.45. The van der Waals surface area contributed by atoms with Gasteiger partial charge in [0.05, 0.1) is 29.0 Å². The Kier molecular flexibility index (Phi) is 8.91. The van der Waals surface area contributed by atoms with Crippen LogP contribution in [0.1, 0.15) is 53.6 Å². The molecule has 1 spiro atoms. The Balaban J connectivity index is 1.52. The first kappa shape index (κ1) is 32.1. The Morgan fingerprint density at radius 2 is 1.95 bits per heavy atom. The van der Waals surface area contributed by atoms with Crippen molar-refractivity contribution >= 4 is 37.4 Å². The number of imidazole rings is 1. The number of halogens is 3. The Labute approximate surface area is 261 Å². The minimum atomic E-state index is -1.65. The number of amides is 2. The van der Waals surface area contributed by atoms with Crippen molar-refractivity contribution in [1.82, 2.24) is 14.5 Å². The van der Waals surface area contributed by atoms with Crippen LogP contribution in [0.3, 0.4) is 0 Å². The summed E-state index contributed by atoms with van der Waals surface area (Å²) in [7, 11) is -1.42. The second-order valence-corrected chi connectivity index (χ2v) is 18.6. The van der Waals surface area contributed by atoms with E-state index in [1.54, 1.807) is 11.5 Å². The van der Waals surface area contributed by atoms with Crippen molar-refractivity contribution in [2.45, 2.75) is 69.8 Å². The third-order valence-corrected chi connectivity index (χ3v) is 10.3. The van der Waals surface area contributed by atoms with Crippen LogP contribution >= 0.6 is 11.6 Å². The number of piperidine rings is 1. The standard InChI is InChI=1S/C31H37ClF2N4O5Si/c1-5-31(41,20-7-9-21(33)10-8-20)28-35-17-24(38(28)19-42-15-16-44(2,3)4)27(39)37-14-6-13-30(18-37)25-23(36-29(40)43-30)12-11-22(32)26(25)34/h7-12,17,41H,5-6,13-16,18-19H2,1-4H3,(H,36,40)/t30-,31?/m0/s1.